The predicted molar refractivity (Wildman–Crippen MR) is 80.0 cm³/mol. The summed E-state index contributed by atoms with van der Waals surface area (Å²) < 4.78 is 31.2. The van der Waals surface area contributed by atoms with Crippen LogP contribution in [-0.4, -0.2) is 54.9 Å². The van der Waals surface area contributed by atoms with E-state index in [-0.39, 0.29) is 18.5 Å². The molecule has 1 aromatic carbocycles. The van der Waals surface area contributed by atoms with Gasteiger partial charge >= 0.3 is 0 Å². The van der Waals surface area contributed by atoms with E-state index in [1.807, 2.05) is 11.8 Å². The third-order valence-corrected chi connectivity index (χ3v) is 3.31. The van der Waals surface area contributed by atoms with Crippen molar-refractivity contribution >= 4 is 5.96 Å². The molecule has 0 radical (unpaired) electrons. The summed E-state index contributed by atoms with van der Waals surface area (Å²) in [6.45, 7) is 4.67. The first-order valence-corrected chi connectivity index (χ1v) is 7.39. The van der Waals surface area contributed by atoms with Crippen molar-refractivity contribution in [3.63, 3.8) is 0 Å². The van der Waals surface area contributed by atoms with Gasteiger partial charge in [0.25, 0.3) is 0 Å². The lowest BCUT2D eigenvalue weighted by atomic mass is 10.3. The van der Waals surface area contributed by atoms with Crippen LogP contribution in [0.5, 0.6) is 5.75 Å². The minimum absolute atomic E-state index is 0.260. The Morgan fingerprint density at radius 3 is 2.91 bits per heavy atom. The third kappa shape index (κ3) is 4.56. The predicted octanol–water partition coefficient (Wildman–Crippen LogP) is 1.38. The van der Waals surface area contributed by atoms with Crippen molar-refractivity contribution in [3.05, 3.63) is 29.8 Å². The molecule has 2 N–H and O–H groups in total. The largest absolute Gasteiger partial charge is 0.492 e. The molecule has 0 spiro atoms. The van der Waals surface area contributed by atoms with Crippen LogP contribution in [0, 0.1) is 11.6 Å². The first kappa shape index (κ1) is 16.5. The van der Waals surface area contributed by atoms with E-state index in [0.29, 0.717) is 13.1 Å². The number of hydrogen-bond acceptors (Lipinski definition) is 3. The van der Waals surface area contributed by atoms with E-state index < -0.39 is 11.6 Å². The Balaban J connectivity index is 1.84. The van der Waals surface area contributed by atoms with Crippen LogP contribution in [0.3, 0.4) is 0 Å². The summed E-state index contributed by atoms with van der Waals surface area (Å²) in [6.07, 6.45) is 0.415. The molecule has 122 valence electrons. The minimum atomic E-state index is -0.930. The highest BCUT2D eigenvalue weighted by atomic mass is 19.2. The number of nitrogens with zero attached hydrogens (tertiary/aromatic N) is 2. The van der Waals surface area contributed by atoms with Gasteiger partial charge < -0.3 is 20.1 Å². The first-order valence-electron chi connectivity index (χ1n) is 7.39. The molecule has 1 atom stereocenters. The highest BCUT2D eigenvalue weighted by Gasteiger charge is 2.22. The van der Waals surface area contributed by atoms with Crippen LogP contribution >= 0.6 is 0 Å². The molecule has 7 heteroatoms. The summed E-state index contributed by atoms with van der Waals surface area (Å²) in [5.74, 6) is -0.823. The summed E-state index contributed by atoms with van der Waals surface area (Å²) in [4.78, 5) is 6.40. The summed E-state index contributed by atoms with van der Waals surface area (Å²) in [5.41, 5.74) is 0. The van der Waals surface area contributed by atoms with Gasteiger partial charge in [-0.2, -0.15) is 0 Å². The lowest BCUT2D eigenvalue weighted by Crippen LogP contribution is -2.40. The topological polar surface area (TPSA) is 57.1 Å². The molecule has 0 amide bonds. The lowest BCUT2D eigenvalue weighted by Gasteiger charge is -2.20. The van der Waals surface area contributed by atoms with Gasteiger partial charge in [0.2, 0.25) is 0 Å². The van der Waals surface area contributed by atoms with Gasteiger partial charge in [0, 0.05) is 25.7 Å². The maximum absolute atomic E-state index is 13.0. The number of rotatable bonds is 5. The van der Waals surface area contributed by atoms with Crippen LogP contribution in [0.4, 0.5) is 8.78 Å². The second kappa shape index (κ2) is 7.93. The van der Waals surface area contributed by atoms with Crippen LogP contribution in [0.1, 0.15) is 13.3 Å². The van der Waals surface area contributed by atoms with Crippen LogP contribution in [-0.2, 0) is 0 Å². The zero-order chi connectivity index (χ0) is 15.9. The molecule has 0 bridgehead atoms. The summed E-state index contributed by atoms with van der Waals surface area (Å²) in [6, 6.07) is 3.43. The van der Waals surface area contributed by atoms with Gasteiger partial charge in [-0.05, 0) is 25.5 Å². The molecular weight excluding hydrogens is 292 g/mol. The summed E-state index contributed by atoms with van der Waals surface area (Å²) >= 11 is 0. The Kier molecular flexibility index (Phi) is 5.94. The second-order valence-electron chi connectivity index (χ2n) is 5.05. The number of aliphatic imine (C=N–C) groups is 1. The fraction of sp³-hybridized carbons (Fsp3) is 0.533. The smallest absolute Gasteiger partial charge is 0.194 e. The van der Waals surface area contributed by atoms with Gasteiger partial charge in [0.15, 0.2) is 17.6 Å². The van der Waals surface area contributed by atoms with Crippen molar-refractivity contribution in [2.45, 2.75) is 19.4 Å². The zero-order valence-electron chi connectivity index (χ0n) is 12.6. The molecule has 0 saturated carbocycles. The molecule has 0 unspecified atom stereocenters. The number of guanidine groups is 1. The van der Waals surface area contributed by atoms with Gasteiger partial charge in [-0.15, -0.1) is 0 Å². The monoisotopic (exact) mass is 313 g/mol. The Hall–Kier alpha value is -1.89. The molecule has 0 aliphatic carbocycles. The van der Waals surface area contributed by atoms with Crippen molar-refractivity contribution in [1.29, 1.82) is 0 Å². The van der Waals surface area contributed by atoms with Crippen molar-refractivity contribution in [3.8, 4) is 5.75 Å². The van der Waals surface area contributed by atoms with Crippen molar-refractivity contribution in [1.82, 2.24) is 10.2 Å². The number of nitrogens with one attached hydrogen (secondary N) is 1. The van der Waals surface area contributed by atoms with Crippen molar-refractivity contribution in [2.24, 2.45) is 4.99 Å². The summed E-state index contributed by atoms with van der Waals surface area (Å²) in [7, 11) is 0. The third-order valence-electron chi connectivity index (χ3n) is 3.31. The van der Waals surface area contributed by atoms with Crippen LogP contribution in [0.15, 0.2) is 23.2 Å². The maximum Gasteiger partial charge on any atom is 0.194 e. The van der Waals surface area contributed by atoms with Gasteiger partial charge in [0.1, 0.15) is 12.4 Å². The van der Waals surface area contributed by atoms with E-state index in [4.69, 9.17) is 4.74 Å². The van der Waals surface area contributed by atoms with Gasteiger partial charge in [-0.1, -0.05) is 0 Å². The SMILES string of the molecule is CCNC(=NCCOc1ccc(F)c(F)c1)N1CC[C@@H](O)C1. The van der Waals surface area contributed by atoms with Crippen LogP contribution in [0.2, 0.25) is 0 Å². The molecule has 1 heterocycles. The van der Waals surface area contributed by atoms with Crippen LogP contribution in [0.25, 0.3) is 0 Å². The Morgan fingerprint density at radius 2 is 2.27 bits per heavy atom. The molecule has 1 aromatic rings. The fourth-order valence-corrected chi connectivity index (χ4v) is 2.24. The van der Waals surface area contributed by atoms with E-state index in [0.717, 1.165) is 37.6 Å². The zero-order valence-corrected chi connectivity index (χ0v) is 12.6. The number of halogens is 2. The highest BCUT2D eigenvalue weighted by Crippen LogP contribution is 2.15. The Morgan fingerprint density at radius 1 is 1.45 bits per heavy atom. The molecular formula is C15H21F2N3O2. The van der Waals surface area contributed by atoms with E-state index >= 15 is 0 Å². The quantitative estimate of drug-likeness (QED) is 0.490. The number of ether oxygens (including phenoxy) is 1. The lowest BCUT2D eigenvalue weighted by molar-refractivity contribution is 0.187. The van der Waals surface area contributed by atoms with Gasteiger partial charge in [-0.25, -0.2) is 13.8 Å². The second-order valence-corrected chi connectivity index (χ2v) is 5.05. The fourth-order valence-electron chi connectivity index (χ4n) is 2.24. The van der Waals surface area contributed by atoms with Gasteiger partial charge in [-0.3, -0.25) is 0 Å². The molecule has 0 aromatic heterocycles. The Bertz CT molecular complexity index is 526. The summed E-state index contributed by atoms with van der Waals surface area (Å²) in [5, 5.41) is 12.7. The van der Waals surface area contributed by atoms with Crippen LogP contribution < -0.4 is 10.1 Å². The maximum atomic E-state index is 13.0. The molecule has 22 heavy (non-hydrogen) atoms. The van der Waals surface area contributed by atoms with E-state index in [1.54, 1.807) is 0 Å². The standard InChI is InChI=1S/C15H21F2N3O2/c1-2-18-15(20-7-5-11(21)10-20)19-6-8-22-12-3-4-13(16)14(17)9-12/h3-4,9,11,21H,2,5-8,10H2,1H3,(H,18,19)/t11-/m1/s1. The number of likely N-dealkylation sites (tertiary alicyclic amines) is 1. The normalized spacial score (nSPS) is 18.6. The molecule has 1 aliphatic heterocycles. The number of benzene rings is 1. The van der Waals surface area contributed by atoms with E-state index in [2.05, 4.69) is 10.3 Å². The molecule has 1 saturated heterocycles. The average molecular weight is 313 g/mol. The molecule has 5 nitrogen and oxygen atoms in total. The molecule has 1 aliphatic rings. The number of aliphatic hydroxyl groups excluding tert-OH is 1. The first-order chi connectivity index (χ1) is 10.6. The minimum Gasteiger partial charge on any atom is -0.492 e. The Labute approximate surface area is 128 Å². The van der Waals surface area contributed by atoms with E-state index in [1.165, 1.54) is 6.07 Å². The van der Waals surface area contributed by atoms with Crippen molar-refractivity contribution < 1.29 is 18.6 Å². The molecule has 2 rings (SSSR count). The number of β-amino-alcohol motifs (C(OH)–C–C–N with tert-alkyl or cyclic N) is 1. The molecule has 1 fully saturated rings. The van der Waals surface area contributed by atoms with Crippen molar-refractivity contribution in [2.75, 3.05) is 32.8 Å². The highest BCUT2D eigenvalue weighted by molar-refractivity contribution is 5.80. The average Bonchev–Trinajstić information content (AvgIpc) is 2.92. The number of aliphatic hydroxyl groups is 1. The van der Waals surface area contributed by atoms with Gasteiger partial charge in [0.05, 0.1) is 12.6 Å². The van der Waals surface area contributed by atoms with E-state index in [9.17, 15) is 13.9 Å². The number of hydrogen-bond donors (Lipinski definition) is 2.